The van der Waals surface area contributed by atoms with Crippen molar-refractivity contribution in [1.29, 1.82) is 0 Å². The number of carbonyl (C=O) groups is 1. The molecule has 0 unspecified atom stereocenters. The minimum absolute atomic E-state index is 0.0104. The summed E-state index contributed by atoms with van der Waals surface area (Å²) in [6.07, 6.45) is 3.26. The fourth-order valence-corrected chi connectivity index (χ4v) is 2.64. The van der Waals surface area contributed by atoms with Crippen LogP contribution >= 0.6 is 11.9 Å². The van der Waals surface area contributed by atoms with E-state index < -0.39 is 0 Å². The Morgan fingerprint density at radius 1 is 1.43 bits per heavy atom. The van der Waals surface area contributed by atoms with Gasteiger partial charge in [-0.3, -0.25) is 4.79 Å². The number of hydrogen-bond donors (Lipinski definition) is 0. The minimum Gasteiger partial charge on any atom is -0.347 e. The van der Waals surface area contributed by atoms with Gasteiger partial charge in [-0.15, -0.1) is 0 Å². The Morgan fingerprint density at radius 2 is 2.07 bits per heavy atom. The lowest BCUT2D eigenvalue weighted by Gasteiger charge is -2.35. The van der Waals surface area contributed by atoms with Crippen LogP contribution in [0.2, 0.25) is 0 Å². The van der Waals surface area contributed by atoms with Crippen molar-refractivity contribution in [2.45, 2.75) is 40.0 Å². The maximum absolute atomic E-state index is 11.5. The Kier molecular flexibility index (Phi) is 4.24. The van der Waals surface area contributed by atoms with Gasteiger partial charge in [0, 0.05) is 0 Å². The number of halogens is 1. The summed E-state index contributed by atoms with van der Waals surface area (Å²) in [5.74, 6) is 1.36. The van der Waals surface area contributed by atoms with Crippen molar-refractivity contribution in [3.05, 3.63) is 0 Å². The van der Waals surface area contributed by atoms with Gasteiger partial charge < -0.3 is 4.29 Å². The average molecular weight is 219 g/mol. The topological polar surface area (TPSA) is 26.3 Å². The van der Waals surface area contributed by atoms with Gasteiger partial charge >= 0.3 is 5.97 Å². The maximum Gasteiger partial charge on any atom is 0.328 e. The van der Waals surface area contributed by atoms with Gasteiger partial charge in [-0.05, 0) is 30.6 Å². The third-order valence-electron chi connectivity index (χ3n) is 3.40. The van der Waals surface area contributed by atoms with E-state index in [1.165, 1.54) is 6.42 Å². The van der Waals surface area contributed by atoms with E-state index in [4.69, 9.17) is 11.9 Å². The van der Waals surface area contributed by atoms with Crippen LogP contribution in [0, 0.1) is 23.7 Å². The van der Waals surface area contributed by atoms with Gasteiger partial charge in [-0.25, -0.2) is 0 Å². The lowest BCUT2D eigenvalue weighted by Crippen LogP contribution is -2.33. The van der Waals surface area contributed by atoms with E-state index in [-0.39, 0.29) is 11.9 Å². The van der Waals surface area contributed by atoms with Crippen molar-refractivity contribution in [2.24, 2.45) is 23.7 Å². The Balaban J connectivity index is 2.68. The van der Waals surface area contributed by atoms with Gasteiger partial charge in [0.05, 0.1) is 5.92 Å². The lowest BCUT2D eigenvalue weighted by molar-refractivity contribution is -0.143. The number of hydrogen-bond acceptors (Lipinski definition) is 2. The molecule has 0 bridgehead atoms. The molecular weight excluding hydrogens is 200 g/mol. The summed E-state index contributed by atoms with van der Waals surface area (Å²) < 4.78 is 4.35. The Hall–Kier alpha value is -0.240. The van der Waals surface area contributed by atoms with E-state index in [0.29, 0.717) is 17.8 Å². The zero-order chi connectivity index (χ0) is 10.7. The summed E-state index contributed by atoms with van der Waals surface area (Å²) in [6.45, 7) is 6.51. The zero-order valence-electron chi connectivity index (χ0n) is 9.13. The van der Waals surface area contributed by atoms with Gasteiger partial charge in [0.15, 0.2) is 0 Å². The molecule has 1 aliphatic carbocycles. The van der Waals surface area contributed by atoms with Crippen LogP contribution in [-0.4, -0.2) is 5.97 Å². The van der Waals surface area contributed by atoms with E-state index in [9.17, 15) is 4.79 Å². The first-order valence-electron chi connectivity index (χ1n) is 5.38. The zero-order valence-corrected chi connectivity index (χ0v) is 9.88. The largest absolute Gasteiger partial charge is 0.347 e. The van der Waals surface area contributed by atoms with Crippen LogP contribution in [0.15, 0.2) is 0 Å². The Labute approximate surface area is 91.1 Å². The van der Waals surface area contributed by atoms with Crippen LogP contribution in [0.5, 0.6) is 0 Å². The standard InChI is InChI=1S/C11H19ClO2/c1-7(2)9-5-4-8(3)6-10(9)11(13)14-12/h7-10H,4-6H2,1-3H3/t8-,9+,10-/m1/s1. The predicted molar refractivity (Wildman–Crippen MR) is 56.8 cm³/mol. The second kappa shape index (κ2) is 5.01. The summed E-state index contributed by atoms with van der Waals surface area (Å²) in [7, 11) is 0. The summed E-state index contributed by atoms with van der Waals surface area (Å²) in [5.41, 5.74) is 0. The fraction of sp³-hybridized carbons (Fsp3) is 0.909. The fourth-order valence-electron chi connectivity index (χ4n) is 2.53. The van der Waals surface area contributed by atoms with Crippen molar-refractivity contribution in [2.75, 3.05) is 0 Å². The van der Waals surface area contributed by atoms with E-state index in [1.807, 2.05) is 0 Å². The molecule has 0 aliphatic heterocycles. The monoisotopic (exact) mass is 218 g/mol. The van der Waals surface area contributed by atoms with Crippen LogP contribution in [0.25, 0.3) is 0 Å². The molecule has 1 aliphatic rings. The van der Waals surface area contributed by atoms with Gasteiger partial charge in [-0.1, -0.05) is 27.2 Å². The average Bonchev–Trinajstić information content (AvgIpc) is 2.16. The summed E-state index contributed by atoms with van der Waals surface area (Å²) in [4.78, 5) is 11.5. The van der Waals surface area contributed by atoms with Crippen molar-refractivity contribution in [3.8, 4) is 0 Å². The second-order valence-electron chi connectivity index (χ2n) is 4.83. The van der Waals surface area contributed by atoms with Crippen molar-refractivity contribution >= 4 is 17.8 Å². The molecule has 2 nitrogen and oxygen atoms in total. The Morgan fingerprint density at radius 3 is 2.57 bits per heavy atom. The van der Waals surface area contributed by atoms with Crippen LogP contribution < -0.4 is 0 Å². The van der Waals surface area contributed by atoms with E-state index in [1.54, 1.807) is 0 Å². The first kappa shape index (κ1) is 11.8. The molecule has 0 aromatic rings. The van der Waals surface area contributed by atoms with Crippen LogP contribution in [0.4, 0.5) is 0 Å². The number of rotatable bonds is 2. The van der Waals surface area contributed by atoms with E-state index >= 15 is 0 Å². The molecule has 0 spiro atoms. The van der Waals surface area contributed by atoms with Gasteiger partial charge in [-0.2, -0.15) is 0 Å². The third-order valence-corrected chi connectivity index (χ3v) is 3.55. The first-order chi connectivity index (χ1) is 6.56. The van der Waals surface area contributed by atoms with Crippen molar-refractivity contribution in [1.82, 2.24) is 0 Å². The van der Waals surface area contributed by atoms with Gasteiger partial charge in [0.2, 0.25) is 0 Å². The molecule has 0 heterocycles. The number of carbonyl (C=O) groups excluding carboxylic acids is 1. The molecule has 0 amide bonds. The molecule has 1 saturated carbocycles. The predicted octanol–water partition coefficient (Wildman–Crippen LogP) is 3.39. The minimum atomic E-state index is -0.239. The van der Waals surface area contributed by atoms with Gasteiger partial charge in [0.25, 0.3) is 0 Å². The van der Waals surface area contributed by atoms with E-state index in [0.717, 1.165) is 12.8 Å². The van der Waals surface area contributed by atoms with Crippen molar-refractivity contribution < 1.29 is 9.08 Å². The normalized spacial score (nSPS) is 33.1. The first-order valence-corrected chi connectivity index (χ1v) is 5.69. The molecule has 0 saturated heterocycles. The molecule has 0 radical (unpaired) electrons. The third kappa shape index (κ3) is 2.63. The molecule has 0 aromatic heterocycles. The van der Waals surface area contributed by atoms with Crippen molar-refractivity contribution in [3.63, 3.8) is 0 Å². The highest BCUT2D eigenvalue weighted by atomic mass is 35.5. The summed E-state index contributed by atoms with van der Waals surface area (Å²) in [6, 6.07) is 0. The molecular formula is C11H19ClO2. The molecule has 82 valence electrons. The maximum atomic E-state index is 11.5. The molecule has 1 fully saturated rings. The Bertz CT molecular complexity index is 203. The summed E-state index contributed by atoms with van der Waals surface area (Å²) in [5, 5.41) is 0. The molecule has 0 aromatic carbocycles. The highest BCUT2D eigenvalue weighted by Crippen LogP contribution is 2.38. The molecule has 1 rings (SSSR count). The SMILES string of the molecule is CC(C)[C@@H]1CC[C@@H](C)C[C@H]1C(=O)OCl. The van der Waals surface area contributed by atoms with Gasteiger partial charge in [0.1, 0.15) is 11.9 Å². The highest BCUT2D eigenvalue weighted by Gasteiger charge is 2.36. The smallest absolute Gasteiger partial charge is 0.328 e. The van der Waals surface area contributed by atoms with Crippen LogP contribution in [-0.2, 0) is 9.08 Å². The molecule has 14 heavy (non-hydrogen) atoms. The quantitative estimate of drug-likeness (QED) is 0.710. The molecule has 0 N–H and O–H groups in total. The van der Waals surface area contributed by atoms with E-state index in [2.05, 4.69) is 25.1 Å². The highest BCUT2D eigenvalue weighted by molar-refractivity contribution is 6.13. The molecule has 3 heteroatoms. The molecule has 3 atom stereocenters. The lowest BCUT2D eigenvalue weighted by atomic mass is 9.70. The van der Waals surface area contributed by atoms with Crippen LogP contribution in [0.1, 0.15) is 40.0 Å². The summed E-state index contributed by atoms with van der Waals surface area (Å²) >= 11 is 5.15. The second-order valence-corrected chi connectivity index (χ2v) is 4.98. The van der Waals surface area contributed by atoms with Crippen LogP contribution in [0.3, 0.4) is 0 Å².